The SMILES string of the molecule is C=CCCCCCCC(CC(=O)O)C(=O)OCC(O)CO. The fourth-order valence-corrected chi connectivity index (χ4v) is 1.90. The van der Waals surface area contributed by atoms with Gasteiger partial charge in [-0.2, -0.15) is 0 Å². The fraction of sp³-hybridized carbons (Fsp3) is 0.733. The van der Waals surface area contributed by atoms with Gasteiger partial charge in [-0.25, -0.2) is 0 Å². The van der Waals surface area contributed by atoms with Gasteiger partial charge in [-0.1, -0.05) is 25.3 Å². The number of rotatable bonds is 13. The van der Waals surface area contributed by atoms with Crippen LogP contribution in [0.3, 0.4) is 0 Å². The number of allylic oxidation sites excluding steroid dienone is 1. The van der Waals surface area contributed by atoms with Crippen LogP contribution in [0.5, 0.6) is 0 Å². The van der Waals surface area contributed by atoms with E-state index in [0.717, 1.165) is 32.1 Å². The van der Waals surface area contributed by atoms with Crippen molar-refractivity contribution in [3.63, 3.8) is 0 Å². The lowest BCUT2D eigenvalue weighted by molar-refractivity contribution is -0.156. The van der Waals surface area contributed by atoms with Crippen molar-refractivity contribution < 1.29 is 29.6 Å². The summed E-state index contributed by atoms with van der Waals surface area (Å²) in [6, 6.07) is 0. The van der Waals surface area contributed by atoms with E-state index in [0.29, 0.717) is 6.42 Å². The molecule has 0 heterocycles. The van der Waals surface area contributed by atoms with Gasteiger partial charge in [-0.05, 0) is 19.3 Å². The van der Waals surface area contributed by atoms with Crippen molar-refractivity contribution in [2.75, 3.05) is 13.2 Å². The number of aliphatic hydroxyl groups is 2. The van der Waals surface area contributed by atoms with E-state index in [1.807, 2.05) is 6.08 Å². The molecule has 0 aromatic heterocycles. The maximum atomic E-state index is 11.8. The summed E-state index contributed by atoms with van der Waals surface area (Å²) >= 11 is 0. The minimum Gasteiger partial charge on any atom is -0.481 e. The molecule has 0 saturated heterocycles. The number of hydrogen-bond acceptors (Lipinski definition) is 5. The lowest BCUT2D eigenvalue weighted by Crippen LogP contribution is -2.27. The number of carboxylic acids is 1. The van der Waals surface area contributed by atoms with E-state index >= 15 is 0 Å². The highest BCUT2D eigenvalue weighted by Crippen LogP contribution is 2.17. The number of carbonyl (C=O) groups is 2. The molecule has 0 aliphatic carbocycles. The summed E-state index contributed by atoms with van der Waals surface area (Å²) in [7, 11) is 0. The Kier molecular flexibility index (Phi) is 11.5. The van der Waals surface area contributed by atoms with Crippen molar-refractivity contribution in [3.8, 4) is 0 Å². The van der Waals surface area contributed by atoms with Crippen LogP contribution in [0.15, 0.2) is 12.7 Å². The number of unbranched alkanes of at least 4 members (excludes halogenated alkanes) is 4. The van der Waals surface area contributed by atoms with E-state index in [1.54, 1.807) is 0 Å². The normalized spacial score (nSPS) is 13.4. The van der Waals surface area contributed by atoms with E-state index in [1.165, 1.54) is 0 Å². The number of aliphatic hydroxyl groups excluding tert-OH is 2. The van der Waals surface area contributed by atoms with Crippen molar-refractivity contribution in [2.24, 2.45) is 5.92 Å². The highest BCUT2D eigenvalue weighted by molar-refractivity contribution is 5.79. The minimum atomic E-state index is -1.13. The van der Waals surface area contributed by atoms with Gasteiger partial charge in [0.2, 0.25) is 0 Å². The van der Waals surface area contributed by atoms with Gasteiger partial charge in [0.25, 0.3) is 0 Å². The third-order valence-electron chi connectivity index (χ3n) is 3.09. The van der Waals surface area contributed by atoms with Crippen LogP contribution in [0.25, 0.3) is 0 Å². The van der Waals surface area contributed by atoms with Gasteiger partial charge in [0, 0.05) is 0 Å². The lowest BCUT2D eigenvalue weighted by atomic mass is 9.97. The van der Waals surface area contributed by atoms with Gasteiger partial charge in [-0.3, -0.25) is 9.59 Å². The van der Waals surface area contributed by atoms with Crippen LogP contribution in [0, 0.1) is 5.92 Å². The second-order valence-corrected chi connectivity index (χ2v) is 5.04. The first-order valence-corrected chi connectivity index (χ1v) is 7.29. The van der Waals surface area contributed by atoms with Crippen LogP contribution in [0.2, 0.25) is 0 Å². The predicted octanol–water partition coefficient (Wildman–Crippen LogP) is 1.50. The molecule has 2 atom stereocenters. The average molecular weight is 302 g/mol. The molecule has 21 heavy (non-hydrogen) atoms. The topological polar surface area (TPSA) is 104 Å². The summed E-state index contributed by atoms with van der Waals surface area (Å²) in [4.78, 5) is 22.5. The van der Waals surface area contributed by atoms with Crippen molar-refractivity contribution in [3.05, 3.63) is 12.7 Å². The third kappa shape index (κ3) is 11.0. The number of ether oxygens (including phenoxy) is 1. The molecule has 0 spiro atoms. The number of aliphatic carboxylic acids is 1. The standard InChI is InChI=1S/C15H26O6/c1-2-3-4-5-6-7-8-12(9-14(18)19)15(20)21-11-13(17)10-16/h2,12-13,16-17H,1,3-11H2,(H,18,19). The van der Waals surface area contributed by atoms with Gasteiger partial charge in [-0.15, -0.1) is 6.58 Å². The minimum absolute atomic E-state index is 0.277. The molecule has 0 aromatic carbocycles. The number of carboxylic acid groups (broad SMARTS) is 1. The maximum absolute atomic E-state index is 11.8. The summed E-state index contributed by atoms with van der Waals surface area (Å²) in [5, 5.41) is 26.6. The Morgan fingerprint density at radius 1 is 1.19 bits per heavy atom. The molecule has 0 aromatic rings. The molecule has 0 aliphatic heterocycles. The summed E-state index contributed by atoms with van der Waals surface area (Å²) in [5.74, 6) is -2.38. The largest absolute Gasteiger partial charge is 0.481 e. The molecule has 122 valence electrons. The Morgan fingerprint density at radius 3 is 2.43 bits per heavy atom. The molecule has 0 radical (unpaired) electrons. The second-order valence-electron chi connectivity index (χ2n) is 5.04. The first kappa shape index (κ1) is 19.6. The van der Waals surface area contributed by atoms with Crippen molar-refractivity contribution in [1.82, 2.24) is 0 Å². The number of hydrogen-bond donors (Lipinski definition) is 3. The van der Waals surface area contributed by atoms with Crippen LogP contribution >= 0.6 is 0 Å². The molecular weight excluding hydrogens is 276 g/mol. The molecule has 6 heteroatoms. The van der Waals surface area contributed by atoms with Crippen molar-refractivity contribution >= 4 is 11.9 Å². The van der Waals surface area contributed by atoms with E-state index in [4.69, 9.17) is 20.1 Å². The first-order chi connectivity index (χ1) is 10.0. The van der Waals surface area contributed by atoms with Gasteiger partial charge in [0.15, 0.2) is 0 Å². The van der Waals surface area contributed by atoms with Crippen LogP contribution < -0.4 is 0 Å². The first-order valence-electron chi connectivity index (χ1n) is 7.29. The Labute approximate surface area is 125 Å². The molecule has 0 fully saturated rings. The Hall–Kier alpha value is -1.40. The lowest BCUT2D eigenvalue weighted by Gasteiger charge is -2.15. The molecule has 2 unspecified atom stereocenters. The summed E-state index contributed by atoms with van der Waals surface area (Å²) in [6.07, 6.45) is 5.61. The van der Waals surface area contributed by atoms with E-state index in [2.05, 4.69) is 6.58 Å². The molecule has 0 amide bonds. The summed E-state index contributed by atoms with van der Waals surface area (Å²) in [5.41, 5.74) is 0. The average Bonchev–Trinajstić information content (AvgIpc) is 2.46. The summed E-state index contributed by atoms with van der Waals surface area (Å²) in [6.45, 7) is 2.83. The fourth-order valence-electron chi connectivity index (χ4n) is 1.90. The molecule has 0 aliphatic rings. The molecule has 0 bridgehead atoms. The zero-order chi connectivity index (χ0) is 16.1. The van der Waals surface area contributed by atoms with E-state index in [9.17, 15) is 9.59 Å². The monoisotopic (exact) mass is 302 g/mol. The number of esters is 1. The predicted molar refractivity (Wildman–Crippen MR) is 77.7 cm³/mol. The highest BCUT2D eigenvalue weighted by Gasteiger charge is 2.23. The second kappa shape index (κ2) is 12.3. The molecule has 0 saturated carbocycles. The van der Waals surface area contributed by atoms with Gasteiger partial charge in [0.05, 0.1) is 18.9 Å². The maximum Gasteiger partial charge on any atom is 0.309 e. The van der Waals surface area contributed by atoms with Crippen molar-refractivity contribution in [2.45, 2.75) is 51.0 Å². The number of carbonyl (C=O) groups excluding carboxylic acids is 1. The molecular formula is C15H26O6. The van der Waals surface area contributed by atoms with Gasteiger partial charge >= 0.3 is 11.9 Å². The van der Waals surface area contributed by atoms with Crippen molar-refractivity contribution in [1.29, 1.82) is 0 Å². The van der Waals surface area contributed by atoms with Crippen LogP contribution in [-0.2, 0) is 14.3 Å². The van der Waals surface area contributed by atoms with Crippen LogP contribution in [0.4, 0.5) is 0 Å². The molecule has 3 N–H and O–H groups in total. The smallest absolute Gasteiger partial charge is 0.309 e. The Bertz CT molecular complexity index is 315. The molecule has 6 nitrogen and oxygen atoms in total. The zero-order valence-corrected chi connectivity index (χ0v) is 12.4. The zero-order valence-electron chi connectivity index (χ0n) is 12.4. The van der Waals surface area contributed by atoms with Gasteiger partial charge in [0.1, 0.15) is 12.7 Å². The summed E-state index contributed by atoms with van der Waals surface area (Å²) < 4.78 is 4.83. The van der Waals surface area contributed by atoms with Crippen LogP contribution in [-0.4, -0.2) is 46.6 Å². The van der Waals surface area contributed by atoms with E-state index < -0.39 is 30.6 Å². The van der Waals surface area contributed by atoms with Crippen LogP contribution in [0.1, 0.15) is 44.9 Å². The highest BCUT2D eigenvalue weighted by atomic mass is 16.5. The Balaban J connectivity index is 4.09. The van der Waals surface area contributed by atoms with E-state index in [-0.39, 0.29) is 13.0 Å². The van der Waals surface area contributed by atoms with Gasteiger partial charge < -0.3 is 20.1 Å². The third-order valence-corrected chi connectivity index (χ3v) is 3.09. The Morgan fingerprint density at radius 2 is 1.86 bits per heavy atom. The molecule has 0 rings (SSSR count). The quantitative estimate of drug-likeness (QED) is 0.270.